The van der Waals surface area contributed by atoms with Gasteiger partial charge in [0.1, 0.15) is 0 Å². The van der Waals surface area contributed by atoms with E-state index in [-0.39, 0.29) is 18.0 Å². The second-order valence-corrected chi connectivity index (χ2v) is 5.54. The van der Waals surface area contributed by atoms with Crippen molar-refractivity contribution >= 4 is 11.6 Å². The van der Waals surface area contributed by atoms with Gasteiger partial charge in [-0.2, -0.15) is 0 Å². The lowest BCUT2D eigenvalue weighted by Crippen LogP contribution is -2.48. The molecule has 1 aliphatic heterocycles. The van der Waals surface area contributed by atoms with Gasteiger partial charge < -0.3 is 11.1 Å². The van der Waals surface area contributed by atoms with Crippen LogP contribution in [0.25, 0.3) is 0 Å². The minimum Gasteiger partial charge on any atom is -0.398 e. The number of nitrogen functional groups attached to an aromatic ring is 1. The largest absolute Gasteiger partial charge is 0.398 e. The summed E-state index contributed by atoms with van der Waals surface area (Å²) < 4.78 is 0. The molecule has 104 valence electrons. The zero-order chi connectivity index (χ0) is 14.0. The fourth-order valence-corrected chi connectivity index (χ4v) is 2.53. The monoisotopic (exact) mass is 261 g/mol. The van der Waals surface area contributed by atoms with E-state index in [0.29, 0.717) is 0 Å². The first-order valence-electron chi connectivity index (χ1n) is 6.89. The third-order valence-corrected chi connectivity index (χ3v) is 3.70. The molecule has 2 rings (SSSR count). The number of benzene rings is 1. The molecule has 0 aromatic heterocycles. The molecule has 0 saturated heterocycles. The number of hydrogen-bond donors (Lipinski definition) is 2. The summed E-state index contributed by atoms with van der Waals surface area (Å²) in [6.07, 6.45) is 0.958. The van der Waals surface area contributed by atoms with Crippen LogP contribution in [0.15, 0.2) is 18.2 Å². The lowest BCUT2D eigenvalue weighted by molar-refractivity contribution is -0.126. The average molecular weight is 261 g/mol. The molecule has 1 aromatic rings. The van der Waals surface area contributed by atoms with E-state index in [1.807, 2.05) is 32.9 Å². The maximum atomic E-state index is 12.1. The maximum absolute atomic E-state index is 12.1. The Hall–Kier alpha value is -1.55. The van der Waals surface area contributed by atoms with Crippen molar-refractivity contribution in [3.63, 3.8) is 0 Å². The van der Waals surface area contributed by atoms with Crippen molar-refractivity contribution < 1.29 is 4.79 Å². The van der Waals surface area contributed by atoms with Gasteiger partial charge in [0.25, 0.3) is 0 Å². The van der Waals surface area contributed by atoms with E-state index in [2.05, 4.69) is 16.3 Å². The van der Waals surface area contributed by atoms with Crippen molar-refractivity contribution in [3.05, 3.63) is 29.3 Å². The number of carbonyl (C=O) groups excluding carboxylic acids is 1. The highest BCUT2D eigenvalue weighted by molar-refractivity contribution is 5.81. The highest BCUT2D eigenvalue weighted by Crippen LogP contribution is 2.25. The topological polar surface area (TPSA) is 58.4 Å². The van der Waals surface area contributed by atoms with Gasteiger partial charge in [-0.05, 0) is 44.4 Å². The van der Waals surface area contributed by atoms with Crippen LogP contribution < -0.4 is 11.1 Å². The van der Waals surface area contributed by atoms with Crippen LogP contribution in [0.3, 0.4) is 0 Å². The highest BCUT2D eigenvalue weighted by atomic mass is 16.2. The summed E-state index contributed by atoms with van der Waals surface area (Å²) in [5.74, 6) is 0.0907. The van der Waals surface area contributed by atoms with Gasteiger partial charge in [-0.15, -0.1) is 0 Å². The number of nitrogens with zero attached hydrogens (tertiary/aromatic N) is 1. The molecule has 0 spiro atoms. The molecule has 1 aliphatic rings. The van der Waals surface area contributed by atoms with Crippen LogP contribution in [-0.2, 0) is 17.8 Å². The summed E-state index contributed by atoms with van der Waals surface area (Å²) >= 11 is 0. The van der Waals surface area contributed by atoms with Crippen LogP contribution in [0.4, 0.5) is 5.69 Å². The SMILES string of the molecule is CC(C)NC(=O)C(C)N1CCc2cccc(N)c2C1. The predicted octanol–water partition coefficient (Wildman–Crippen LogP) is 1.54. The highest BCUT2D eigenvalue weighted by Gasteiger charge is 2.26. The smallest absolute Gasteiger partial charge is 0.237 e. The number of nitrogens with two attached hydrogens (primary N) is 1. The van der Waals surface area contributed by atoms with Gasteiger partial charge in [-0.3, -0.25) is 9.69 Å². The van der Waals surface area contributed by atoms with Gasteiger partial charge in [0.2, 0.25) is 5.91 Å². The fraction of sp³-hybridized carbons (Fsp3) is 0.533. The predicted molar refractivity (Wildman–Crippen MR) is 77.7 cm³/mol. The Morgan fingerprint density at radius 3 is 2.79 bits per heavy atom. The molecule has 1 unspecified atom stereocenters. The molecule has 3 N–H and O–H groups in total. The van der Waals surface area contributed by atoms with Crippen molar-refractivity contribution in [2.24, 2.45) is 0 Å². The quantitative estimate of drug-likeness (QED) is 0.811. The summed E-state index contributed by atoms with van der Waals surface area (Å²) in [7, 11) is 0. The molecule has 0 fully saturated rings. The summed E-state index contributed by atoms with van der Waals surface area (Å²) in [6.45, 7) is 7.59. The number of amides is 1. The number of hydrogen-bond acceptors (Lipinski definition) is 3. The first-order chi connectivity index (χ1) is 8.99. The number of nitrogens with one attached hydrogen (secondary N) is 1. The van der Waals surface area contributed by atoms with Gasteiger partial charge in [0, 0.05) is 24.8 Å². The molecule has 0 radical (unpaired) electrons. The van der Waals surface area contributed by atoms with E-state index in [1.54, 1.807) is 0 Å². The number of fused-ring (bicyclic) bond motifs is 1. The Labute approximate surface area is 115 Å². The normalized spacial score (nSPS) is 17.1. The first-order valence-corrected chi connectivity index (χ1v) is 6.89. The molecule has 0 bridgehead atoms. The summed E-state index contributed by atoms with van der Waals surface area (Å²) in [4.78, 5) is 14.3. The number of carbonyl (C=O) groups is 1. The molecule has 1 atom stereocenters. The van der Waals surface area contributed by atoms with Gasteiger partial charge >= 0.3 is 0 Å². The zero-order valence-electron chi connectivity index (χ0n) is 11.9. The average Bonchev–Trinajstić information content (AvgIpc) is 2.37. The second-order valence-electron chi connectivity index (χ2n) is 5.54. The third kappa shape index (κ3) is 3.07. The minimum atomic E-state index is -0.116. The molecule has 19 heavy (non-hydrogen) atoms. The maximum Gasteiger partial charge on any atom is 0.237 e. The van der Waals surface area contributed by atoms with Gasteiger partial charge in [-0.25, -0.2) is 0 Å². The van der Waals surface area contributed by atoms with E-state index < -0.39 is 0 Å². The van der Waals surface area contributed by atoms with Crippen LogP contribution in [0, 0.1) is 0 Å². The molecule has 1 aromatic carbocycles. The molecular weight excluding hydrogens is 238 g/mol. The molecule has 0 saturated carbocycles. The summed E-state index contributed by atoms with van der Waals surface area (Å²) in [6, 6.07) is 6.12. The van der Waals surface area contributed by atoms with Crippen molar-refractivity contribution in [3.8, 4) is 0 Å². The third-order valence-electron chi connectivity index (χ3n) is 3.70. The summed E-state index contributed by atoms with van der Waals surface area (Å²) in [5.41, 5.74) is 9.36. The van der Waals surface area contributed by atoms with Crippen molar-refractivity contribution in [1.82, 2.24) is 10.2 Å². The lowest BCUT2D eigenvalue weighted by Gasteiger charge is -2.33. The standard InChI is InChI=1S/C15H23N3O/c1-10(2)17-15(19)11(3)18-8-7-12-5-4-6-14(16)13(12)9-18/h4-6,10-11H,7-9,16H2,1-3H3,(H,17,19). The van der Waals surface area contributed by atoms with E-state index in [1.165, 1.54) is 11.1 Å². The Morgan fingerprint density at radius 2 is 2.11 bits per heavy atom. The van der Waals surface area contributed by atoms with Gasteiger partial charge in [0.15, 0.2) is 0 Å². The van der Waals surface area contributed by atoms with E-state index in [0.717, 1.165) is 25.2 Å². The van der Waals surface area contributed by atoms with Crippen LogP contribution >= 0.6 is 0 Å². The molecule has 0 aliphatic carbocycles. The van der Waals surface area contributed by atoms with Crippen molar-refractivity contribution in [2.75, 3.05) is 12.3 Å². The second kappa shape index (κ2) is 5.61. The first kappa shape index (κ1) is 13.9. The van der Waals surface area contributed by atoms with Gasteiger partial charge in [-0.1, -0.05) is 12.1 Å². The number of rotatable bonds is 3. The minimum absolute atomic E-state index is 0.0907. The molecule has 4 heteroatoms. The fourth-order valence-electron chi connectivity index (χ4n) is 2.53. The van der Waals surface area contributed by atoms with E-state index >= 15 is 0 Å². The van der Waals surface area contributed by atoms with Gasteiger partial charge in [0.05, 0.1) is 6.04 Å². The Morgan fingerprint density at radius 1 is 1.37 bits per heavy atom. The van der Waals surface area contributed by atoms with Crippen LogP contribution in [0.2, 0.25) is 0 Å². The lowest BCUT2D eigenvalue weighted by atomic mass is 9.97. The molecule has 4 nitrogen and oxygen atoms in total. The van der Waals surface area contributed by atoms with Crippen molar-refractivity contribution in [1.29, 1.82) is 0 Å². The van der Waals surface area contributed by atoms with E-state index in [4.69, 9.17) is 5.73 Å². The number of anilines is 1. The van der Waals surface area contributed by atoms with E-state index in [9.17, 15) is 4.79 Å². The van der Waals surface area contributed by atoms with Crippen LogP contribution in [0.5, 0.6) is 0 Å². The zero-order valence-corrected chi connectivity index (χ0v) is 11.9. The van der Waals surface area contributed by atoms with Crippen LogP contribution in [0.1, 0.15) is 31.9 Å². The Bertz CT molecular complexity index is 470. The van der Waals surface area contributed by atoms with Crippen molar-refractivity contribution in [2.45, 2.75) is 45.8 Å². The Balaban J connectivity index is 2.09. The Kier molecular flexibility index (Phi) is 4.10. The molecule has 1 amide bonds. The van der Waals surface area contributed by atoms with Crippen LogP contribution in [-0.4, -0.2) is 29.4 Å². The molecular formula is C15H23N3O. The molecule has 1 heterocycles. The summed E-state index contributed by atoms with van der Waals surface area (Å²) in [5, 5.41) is 2.97.